The van der Waals surface area contributed by atoms with E-state index in [1.165, 1.54) is 5.69 Å². The average Bonchev–Trinajstić information content (AvgIpc) is 2.98. The summed E-state index contributed by atoms with van der Waals surface area (Å²) in [6, 6.07) is 0.188. The molecule has 2 heterocycles. The van der Waals surface area contributed by atoms with E-state index in [0.29, 0.717) is 0 Å². The minimum atomic E-state index is 0.188. The summed E-state index contributed by atoms with van der Waals surface area (Å²) in [7, 11) is 0. The fraction of sp³-hybridized carbons (Fsp3) is 0.571. The number of imidazole rings is 1. The first-order chi connectivity index (χ1) is 9.55. The van der Waals surface area contributed by atoms with Gasteiger partial charge in [0.05, 0.1) is 34.4 Å². The van der Waals surface area contributed by atoms with E-state index in [-0.39, 0.29) is 6.04 Å². The van der Waals surface area contributed by atoms with Crippen LogP contribution in [0.3, 0.4) is 0 Å². The molecular weight excluding hydrogens is 318 g/mol. The first-order valence-electron chi connectivity index (χ1n) is 7.03. The van der Waals surface area contributed by atoms with E-state index in [0.717, 1.165) is 41.8 Å². The van der Waals surface area contributed by atoms with Gasteiger partial charge in [-0.05, 0) is 36.2 Å². The van der Waals surface area contributed by atoms with Crippen molar-refractivity contribution in [1.82, 2.24) is 19.3 Å². The number of hydrogen-bond donors (Lipinski definition) is 1. The zero-order valence-electron chi connectivity index (χ0n) is 12.3. The van der Waals surface area contributed by atoms with Crippen LogP contribution in [-0.2, 0) is 19.5 Å². The molecule has 5 nitrogen and oxygen atoms in total. The monoisotopic (exact) mass is 339 g/mol. The molecule has 2 aromatic rings. The number of hydrogen-bond acceptors (Lipinski definition) is 3. The van der Waals surface area contributed by atoms with E-state index in [1.807, 2.05) is 17.9 Å². The molecule has 0 spiro atoms. The molecule has 0 aliphatic rings. The predicted molar refractivity (Wildman–Crippen MR) is 83.6 cm³/mol. The Morgan fingerprint density at radius 3 is 2.80 bits per heavy atom. The highest BCUT2D eigenvalue weighted by Crippen LogP contribution is 2.22. The van der Waals surface area contributed by atoms with Crippen molar-refractivity contribution in [1.29, 1.82) is 0 Å². The third-order valence-electron chi connectivity index (χ3n) is 3.47. The van der Waals surface area contributed by atoms with Crippen LogP contribution in [0.15, 0.2) is 17.0 Å². The average molecular weight is 340 g/mol. The Kier molecular flexibility index (Phi) is 4.99. The van der Waals surface area contributed by atoms with Gasteiger partial charge in [-0.2, -0.15) is 5.10 Å². The molecule has 2 rings (SSSR count). The van der Waals surface area contributed by atoms with Crippen LogP contribution < -0.4 is 5.73 Å². The molecule has 2 aromatic heterocycles. The smallest absolute Gasteiger partial charge is 0.0953 e. The number of halogens is 1. The molecule has 20 heavy (non-hydrogen) atoms. The van der Waals surface area contributed by atoms with Crippen LogP contribution in [0.4, 0.5) is 0 Å². The summed E-state index contributed by atoms with van der Waals surface area (Å²) in [5.41, 5.74) is 9.22. The maximum absolute atomic E-state index is 5.97. The van der Waals surface area contributed by atoms with Gasteiger partial charge < -0.3 is 10.3 Å². The SMILES string of the molecule is CCC(N)Cc1cn(Cc2c(Br)c(C)nn2CC)cn1. The molecule has 0 saturated heterocycles. The molecule has 1 atom stereocenters. The fourth-order valence-electron chi connectivity index (χ4n) is 2.20. The minimum Gasteiger partial charge on any atom is -0.331 e. The third-order valence-corrected chi connectivity index (χ3v) is 4.50. The van der Waals surface area contributed by atoms with Gasteiger partial charge in [0.25, 0.3) is 0 Å². The molecule has 0 amide bonds. The quantitative estimate of drug-likeness (QED) is 0.879. The van der Waals surface area contributed by atoms with Crippen molar-refractivity contribution in [2.75, 3.05) is 0 Å². The van der Waals surface area contributed by atoms with Crippen molar-refractivity contribution in [3.8, 4) is 0 Å². The van der Waals surface area contributed by atoms with Crippen molar-refractivity contribution < 1.29 is 0 Å². The normalized spacial score (nSPS) is 12.8. The Morgan fingerprint density at radius 2 is 2.15 bits per heavy atom. The molecule has 0 aliphatic heterocycles. The lowest BCUT2D eigenvalue weighted by molar-refractivity contribution is 0.595. The topological polar surface area (TPSA) is 61.7 Å². The van der Waals surface area contributed by atoms with Gasteiger partial charge in [-0.1, -0.05) is 6.92 Å². The summed E-state index contributed by atoms with van der Waals surface area (Å²) in [5, 5.41) is 4.51. The Labute approximate surface area is 128 Å². The molecule has 6 heteroatoms. The van der Waals surface area contributed by atoms with Gasteiger partial charge in [-0.25, -0.2) is 4.98 Å². The van der Waals surface area contributed by atoms with Gasteiger partial charge in [0.2, 0.25) is 0 Å². The third kappa shape index (κ3) is 3.30. The fourth-order valence-corrected chi connectivity index (χ4v) is 2.61. The van der Waals surface area contributed by atoms with Crippen LogP contribution in [0, 0.1) is 6.92 Å². The summed E-state index contributed by atoms with van der Waals surface area (Å²) < 4.78 is 5.20. The van der Waals surface area contributed by atoms with Crippen LogP contribution in [-0.4, -0.2) is 25.4 Å². The van der Waals surface area contributed by atoms with Gasteiger partial charge in [-0.3, -0.25) is 4.68 Å². The number of aryl methyl sites for hydroxylation is 2. The van der Waals surface area contributed by atoms with Crippen LogP contribution in [0.5, 0.6) is 0 Å². The minimum absolute atomic E-state index is 0.188. The Balaban J connectivity index is 2.14. The molecule has 0 bridgehead atoms. The molecule has 0 aromatic carbocycles. The van der Waals surface area contributed by atoms with E-state index in [1.54, 1.807) is 0 Å². The molecule has 2 N–H and O–H groups in total. The van der Waals surface area contributed by atoms with Crippen LogP contribution in [0.1, 0.15) is 37.4 Å². The van der Waals surface area contributed by atoms with Gasteiger partial charge >= 0.3 is 0 Å². The van der Waals surface area contributed by atoms with Gasteiger partial charge in [-0.15, -0.1) is 0 Å². The second-order valence-electron chi connectivity index (χ2n) is 5.07. The zero-order chi connectivity index (χ0) is 14.7. The number of rotatable bonds is 6. The van der Waals surface area contributed by atoms with Crippen molar-refractivity contribution in [2.45, 2.75) is 52.7 Å². The highest BCUT2D eigenvalue weighted by atomic mass is 79.9. The van der Waals surface area contributed by atoms with E-state index in [4.69, 9.17) is 5.73 Å². The number of aromatic nitrogens is 4. The van der Waals surface area contributed by atoms with Crippen LogP contribution in [0.25, 0.3) is 0 Å². The predicted octanol–water partition coefficient (Wildman–Crippen LogP) is 2.50. The Hall–Kier alpha value is -1.14. The van der Waals surface area contributed by atoms with E-state index in [2.05, 4.69) is 50.6 Å². The summed E-state index contributed by atoms with van der Waals surface area (Å²) in [6.07, 6.45) is 5.74. The van der Waals surface area contributed by atoms with Gasteiger partial charge in [0.1, 0.15) is 0 Å². The molecule has 0 fully saturated rings. The maximum Gasteiger partial charge on any atom is 0.0953 e. The van der Waals surface area contributed by atoms with E-state index in [9.17, 15) is 0 Å². The van der Waals surface area contributed by atoms with Crippen molar-refractivity contribution in [3.63, 3.8) is 0 Å². The summed E-state index contributed by atoms with van der Waals surface area (Å²) in [4.78, 5) is 4.43. The summed E-state index contributed by atoms with van der Waals surface area (Å²) in [5.74, 6) is 0. The largest absolute Gasteiger partial charge is 0.331 e. The molecule has 0 radical (unpaired) electrons. The maximum atomic E-state index is 5.97. The molecule has 110 valence electrons. The van der Waals surface area contributed by atoms with Crippen molar-refractivity contribution in [2.24, 2.45) is 5.73 Å². The lowest BCUT2D eigenvalue weighted by Gasteiger charge is -2.07. The molecular formula is C14H22BrN5. The van der Waals surface area contributed by atoms with Crippen molar-refractivity contribution in [3.05, 3.63) is 34.1 Å². The van der Waals surface area contributed by atoms with Crippen molar-refractivity contribution >= 4 is 15.9 Å². The van der Waals surface area contributed by atoms with Crippen LogP contribution >= 0.6 is 15.9 Å². The van der Waals surface area contributed by atoms with Gasteiger partial charge in [0, 0.05) is 25.2 Å². The Morgan fingerprint density at radius 1 is 1.40 bits per heavy atom. The number of nitrogens with zero attached hydrogens (tertiary/aromatic N) is 4. The first-order valence-corrected chi connectivity index (χ1v) is 7.82. The molecule has 0 aliphatic carbocycles. The second-order valence-corrected chi connectivity index (χ2v) is 5.86. The number of nitrogens with two attached hydrogens (primary N) is 1. The standard InChI is InChI=1S/C14H22BrN5/c1-4-11(16)6-12-7-19(9-17-12)8-13-14(15)10(3)18-20(13)5-2/h7,9,11H,4-6,8,16H2,1-3H3. The Bertz CT molecular complexity index is 572. The summed E-state index contributed by atoms with van der Waals surface area (Å²) >= 11 is 3.62. The van der Waals surface area contributed by atoms with E-state index < -0.39 is 0 Å². The lowest BCUT2D eigenvalue weighted by atomic mass is 10.1. The second kappa shape index (κ2) is 6.54. The van der Waals surface area contributed by atoms with Gasteiger partial charge in [0.15, 0.2) is 0 Å². The van der Waals surface area contributed by atoms with E-state index >= 15 is 0 Å². The first kappa shape index (κ1) is 15.3. The summed E-state index contributed by atoms with van der Waals surface area (Å²) in [6.45, 7) is 7.84. The zero-order valence-corrected chi connectivity index (χ0v) is 13.9. The lowest BCUT2D eigenvalue weighted by Crippen LogP contribution is -2.21. The molecule has 1 unspecified atom stereocenters. The highest BCUT2D eigenvalue weighted by Gasteiger charge is 2.13. The van der Waals surface area contributed by atoms with Crippen LogP contribution in [0.2, 0.25) is 0 Å². The highest BCUT2D eigenvalue weighted by molar-refractivity contribution is 9.10. The molecule has 0 saturated carbocycles.